The van der Waals surface area contributed by atoms with Gasteiger partial charge in [0, 0.05) is 0 Å². The lowest BCUT2D eigenvalue weighted by Crippen LogP contribution is -2.74. The molecule has 3 nitrogen and oxygen atoms in total. The van der Waals surface area contributed by atoms with Crippen LogP contribution >= 0.6 is 0 Å². The monoisotopic (exact) mass is 409 g/mol. The number of aryl methyl sites for hydroxylation is 2. The Bertz CT molecular complexity index is 722. The first-order valence-electron chi connectivity index (χ1n) is 10.3. The zero-order valence-corrected chi connectivity index (χ0v) is 21.2. The third-order valence-corrected chi connectivity index (χ3v) is 7.20. The quantitative estimate of drug-likeness (QED) is 0.656. The Labute approximate surface area is 175 Å². The molecule has 0 saturated carbocycles. The minimum Gasteiger partial charge on any atom is -0.361 e. The van der Waals surface area contributed by atoms with Crippen molar-refractivity contribution in [1.82, 2.24) is 14.5 Å². The lowest BCUT2D eigenvalue weighted by Gasteiger charge is -2.39. The van der Waals surface area contributed by atoms with Gasteiger partial charge in [-0.05, 0) is 31.8 Å². The normalized spacial score (nSPS) is 12.4. The third kappa shape index (κ3) is 6.46. The Morgan fingerprint density at radius 3 is 1.25 bits per heavy atom. The van der Waals surface area contributed by atoms with E-state index >= 15 is 0 Å². The Morgan fingerprint density at radius 1 is 0.643 bits per heavy atom. The van der Waals surface area contributed by atoms with Crippen molar-refractivity contribution in [3.63, 3.8) is 0 Å². The molecule has 2 aromatic rings. The van der Waals surface area contributed by atoms with E-state index in [2.05, 4.69) is 123 Å². The number of nitrogens with zero attached hydrogens (tertiary/aromatic N) is 1. The van der Waals surface area contributed by atoms with Crippen molar-refractivity contribution in [1.29, 1.82) is 0 Å². The summed E-state index contributed by atoms with van der Waals surface area (Å²) < 4.78 is 2.50. The maximum Gasteiger partial charge on any atom is 0.326 e. The van der Waals surface area contributed by atoms with E-state index in [0.717, 1.165) is 0 Å². The number of hydrogen-bond acceptors (Lipinski definition) is 3. The fraction of sp³-hybridized carbons (Fsp3) is 0.429. The Kier molecular flexibility index (Phi) is 7.56. The SMILES string of the molecule is Cc1ccccc1B(N[Si](C)(C)C)N(C)B(N[Si](C)(C)C)c1ccccc1C. The molecule has 0 aliphatic heterocycles. The fourth-order valence-corrected chi connectivity index (χ4v) is 5.91. The average molecular weight is 409 g/mol. The van der Waals surface area contributed by atoms with Crippen molar-refractivity contribution < 1.29 is 0 Å². The molecule has 0 fully saturated rings. The molecule has 2 aromatic carbocycles. The number of hydrogen-bond donors (Lipinski definition) is 2. The maximum absolute atomic E-state index is 4.01. The van der Waals surface area contributed by atoms with Crippen LogP contribution in [-0.4, -0.2) is 42.2 Å². The zero-order valence-electron chi connectivity index (χ0n) is 19.2. The van der Waals surface area contributed by atoms with Crippen LogP contribution in [0.3, 0.4) is 0 Å². The van der Waals surface area contributed by atoms with Gasteiger partial charge in [-0.15, -0.1) is 0 Å². The third-order valence-electron chi connectivity index (χ3n) is 4.92. The second-order valence-electron chi connectivity index (χ2n) is 9.97. The number of benzene rings is 2. The van der Waals surface area contributed by atoms with Crippen LogP contribution in [0.4, 0.5) is 0 Å². The summed E-state index contributed by atoms with van der Waals surface area (Å²) in [4.78, 5) is 8.02. The molecular formula is C21H37B2N3Si2. The summed E-state index contributed by atoms with van der Waals surface area (Å²) in [6.45, 7) is 19.0. The molecule has 2 rings (SSSR count). The van der Waals surface area contributed by atoms with Gasteiger partial charge >= 0.3 is 14.0 Å². The first kappa shape index (κ1) is 23.2. The van der Waals surface area contributed by atoms with Gasteiger partial charge in [0.15, 0.2) is 0 Å². The Balaban J connectivity index is 2.54. The van der Waals surface area contributed by atoms with Gasteiger partial charge in [-0.25, -0.2) is 0 Å². The highest BCUT2D eigenvalue weighted by molar-refractivity contribution is 6.95. The molecule has 0 atom stereocenters. The number of rotatable bonds is 8. The van der Waals surface area contributed by atoms with Gasteiger partial charge in [-0.2, -0.15) is 0 Å². The largest absolute Gasteiger partial charge is 0.361 e. The van der Waals surface area contributed by atoms with Crippen LogP contribution in [0.5, 0.6) is 0 Å². The van der Waals surface area contributed by atoms with Crippen molar-refractivity contribution >= 4 is 41.4 Å². The first-order valence-corrected chi connectivity index (χ1v) is 17.3. The van der Waals surface area contributed by atoms with E-state index < -0.39 is 16.5 Å². The summed E-state index contributed by atoms with van der Waals surface area (Å²) in [7, 11) is -0.773. The Hall–Kier alpha value is -1.12. The van der Waals surface area contributed by atoms with E-state index in [1.165, 1.54) is 22.1 Å². The predicted molar refractivity (Wildman–Crippen MR) is 134 cm³/mol. The summed E-state index contributed by atoms with van der Waals surface area (Å²) in [6, 6.07) is 17.5. The van der Waals surface area contributed by atoms with Crippen molar-refractivity contribution in [2.24, 2.45) is 0 Å². The van der Waals surface area contributed by atoms with Crippen LogP contribution in [0.25, 0.3) is 0 Å². The summed E-state index contributed by atoms with van der Waals surface area (Å²) in [5.41, 5.74) is 5.40. The molecular weight excluding hydrogens is 372 g/mol. The molecule has 0 aromatic heterocycles. The van der Waals surface area contributed by atoms with E-state index in [0.29, 0.717) is 0 Å². The zero-order chi connectivity index (χ0) is 21.1. The molecule has 0 heterocycles. The van der Waals surface area contributed by atoms with Crippen molar-refractivity contribution in [3.05, 3.63) is 59.7 Å². The highest BCUT2D eigenvalue weighted by atomic mass is 28.3. The standard InChI is InChI=1S/C21H37B2N3Si2/c1-18-14-10-12-16-20(18)22(24-27(4,5)6)26(3)23(25-28(7,8)9)21-17-13-11-15-19(21)2/h10-17,24-25H,1-9H3. The van der Waals surface area contributed by atoms with Gasteiger partial charge < -0.3 is 14.5 Å². The molecule has 0 bridgehead atoms. The van der Waals surface area contributed by atoms with Crippen LogP contribution in [-0.2, 0) is 0 Å². The van der Waals surface area contributed by atoms with Gasteiger partial charge in [0.25, 0.3) is 0 Å². The minimum atomic E-state index is -1.52. The molecule has 0 aliphatic rings. The summed E-state index contributed by atoms with van der Waals surface area (Å²) in [5.74, 6) is 0. The van der Waals surface area contributed by atoms with Crippen LogP contribution in [0.2, 0.25) is 39.3 Å². The van der Waals surface area contributed by atoms with Crippen LogP contribution in [0, 0.1) is 13.8 Å². The van der Waals surface area contributed by atoms with E-state index in [9.17, 15) is 0 Å². The molecule has 0 aliphatic carbocycles. The molecule has 28 heavy (non-hydrogen) atoms. The van der Waals surface area contributed by atoms with E-state index in [4.69, 9.17) is 0 Å². The minimum absolute atomic E-state index is 0.168. The lowest BCUT2D eigenvalue weighted by atomic mass is 9.53. The van der Waals surface area contributed by atoms with Gasteiger partial charge in [0.05, 0.1) is 0 Å². The smallest absolute Gasteiger partial charge is 0.326 e. The van der Waals surface area contributed by atoms with Crippen molar-refractivity contribution in [3.8, 4) is 0 Å². The average Bonchev–Trinajstić information content (AvgIpc) is 2.57. The summed E-state index contributed by atoms with van der Waals surface area (Å²) in [6.07, 6.45) is 0. The van der Waals surface area contributed by atoms with Crippen molar-refractivity contribution in [2.75, 3.05) is 7.05 Å². The fourth-order valence-electron chi connectivity index (χ4n) is 3.55. The molecule has 0 amide bonds. The Morgan fingerprint density at radius 2 is 0.964 bits per heavy atom. The molecule has 150 valence electrons. The second-order valence-corrected chi connectivity index (χ2v) is 19.5. The predicted octanol–water partition coefficient (Wildman–Crippen LogP) is 3.17. The van der Waals surface area contributed by atoms with Crippen LogP contribution in [0.15, 0.2) is 48.5 Å². The van der Waals surface area contributed by atoms with Crippen LogP contribution in [0.1, 0.15) is 11.1 Å². The van der Waals surface area contributed by atoms with Gasteiger partial charge in [-0.3, -0.25) is 0 Å². The second kappa shape index (κ2) is 9.14. The molecule has 2 N–H and O–H groups in total. The van der Waals surface area contributed by atoms with Crippen LogP contribution < -0.4 is 20.7 Å². The lowest BCUT2D eigenvalue weighted by molar-refractivity contribution is 0.786. The first-order chi connectivity index (χ1) is 12.9. The van der Waals surface area contributed by atoms with Crippen molar-refractivity contribution in [2.45, 2.75) is 53.1 Å². The molecule has 0 unspecified atom stereocenters. The van der Waals surface area contributed by atoms with E-state index in [-0.39, 0.29) is 14.0 Å². The molecule has 0 spiro atoms. The molecule has 0 radical (unpaired) electrons. The summed E-state index contributed by atoms with van der Waals surface area (Å²) in [5, 5.41) is 0. The maximum atomic E-state index is 4.01. The van der Waals surface area contributed by atoms with Gasteiger partial charge in [-0.1, -0.05) is 98.9 Å². The number of nitrogens with one attached hydrogen (secondary N) is 2. The molecule has 7 heteroatoms. The van der Waals surface area contributed by atoms with E-state index in [1.807, 2.05) is 0 Å². The van der Waals surface area contributed by atoms with E-state index in [1.54, 1.807) is 0 Å². The highest BCUT2D eigenvalue weighted by Gasteiger charge is 2.38. The van der Waals surface area contributed by atoms with Gasteiger partial charge in [0.2, 0.25) is 0 Å². The topological polar surface area (TPSA) is 27.3 Å². The molecule has 0 saturated heterocycles. The summed E-state index contributed by atoms with van der Waals surface area (Å²) >= 11 is 0. The van der Waals surface area contributed by atoms with Gasteiger partial charge in [0.1, 0.15) is 16.5 Å². The highest BCUT2D eigenvalue weighted by Crippen LogP contribution is 2.08.